The zero-order chi connectivity index (χ0) is 4.99. The van der Waals surface area contributed by atoms with Gasteiger partial charge in [0, 0.05) is 0 Å². The van der Waals surface area contributed by atoms with Crippen LogP contribution in [0, 0.1) is 6.58 Å². The van der Waals surface area contributed by atoms with Crippen molar-refractivity contribution in [1.29, 1.82) is 0 Å². The second-order valence-corrected chi connectivity index (χ2v) is 1.37. The molecule has 1 radical (unpaired) electrons. The van der Waals surface area contributed by atoms with Crippen molar-refractivity contribution in [2.24, 2.45) is 0 Å². The summed E-state index contributed by atoms with van der Waals surface area (Å²) in [4.78, 5) is 0. The quantitative estimate of drug-likeness (QED) is 0.480. The van der Waals surface area contributed by atoms with Gasteiger partial charge in [-0.15, -0.1) is 0 Å². The molecule has 0 spiro atoms. The van der Waals surface area contributed by atoms with Crippen molar-refractivity contribution in [2.45, 2.75) is 26.7 Å². The van der Waals surface area contributed by atoms with Crippen LogP contribution in [-0.2, 0) is 0 Å². The van der Waals surface area contributed by atoms with Crippen LogP contribution in [-0.4, -0.2) is 0 Å². The molecule has 35 valence electrons. The molecule has 0 rings (SSSR count). The molecule has 0 atom stereocenters. The van der Waals surface area contributed by atoms with E-state index in [0.29, 0.717) is 0 Å². The largest absolute Gasteiger partial charge is 0.0708 e. The van der Waals surface area contributed by atoms with Crippen LogP contribution >= 0.6 is 0 Å². The molecule has 0 saturated carbocycles. The van der Waals surface area contributed by atoms with E-state index in [0.717, 1.165) is 18.4 Å². The van der Waals surface area contributed by atoms with Gasteiger partial charge in [-0.05, 0) is 12.8 Å². The van der Waals surface area contributed by atoms with E-state index in [9.17, 15) is 0 Å². The number of hydrogen-bond acceptors (Lipinski definition) is 0. The van der Waals surface area contributed by atoms with E-state index in [1.165, 1.54) is 0 Å². The Bertz CT molecular complexity index is 38.0. The van der Waals surface area contributed by atoms with Gasteiger partial charge in [0.25, 0.3) is 0 Å². The molecule has 0 nitrogen and oxygen atoms in total. The van der Waals surface area contributed by atoms with E-state index < -0.39 is 0 Å². The zero-order valence-electron chi connectivity index (χ0n) is 4.49. The highest BCUT2D eigenvalue weighted by molar-refractivity contribution is 4.86. The Morgan fingerprint density at radius 1 is 1.33 bits per heavy atom. The van der Waals surface area contributed by atoms with Crippen molar-refractivity contribution >= 4 is 0 Å². The third kappa shape index (κ3) is 2.01. The smallest absolute Gasteiger partial charge is 0.0346 e. The minimum Gasteiger partial charge on any atom is -0.0708 e. The average molecular weight is 83.2 g/mol. The van der Waals surface area contributed by atoms with Crippen molar-refractivity contribution in [1.82, 2.24) is 0 Å². The molecule has 0 unspecified atom stereocenters. The number of hydrogen-bond donors (Lipinski definition) is 0. The Kier molecular flexibility index (Phi) is 2.82. The Hall–Kier alpha value is -0.260. The minimum atomic E-state index is 1.02. The molecule has 0 saturated heterocycles. The Balaban J connectivity index is 2.99. The highest BCUT2D eigenvalue weighted by atomic mass is 13.8. The van der Waals surface area contributed by atoms with Crippen LogP contribution in [0.4, 0.5) is 0 Å². The van der Waals surface area contributed by atoms with Gasteiger partial charge in [-0.1, -0.05) is 26.0 Å². The molecule has 0 aromatic carbocycles. The summed E-state index contributed by atoms with van der Waals surface area (Å²) >= 11 is 0. The van der Waals surface area contributed by atoms with Crippen molar-refractivity contribution in [3.8, 4) is 0 Å². The summed E-state index contributed by atoms with van der Waals surface area (Å²) in [5, 5.41) is 0. The lowest BCUT2D eigenvalue weighted by atomic mass is 10.2. The molecular weight excluding hydrogens is 72.1 g/mol. The first-order valence-corrected chi connectivity index (χ1v) is 2.41. The molecule has 0 bridgehead atoms. The fraction of sp³-hybridized carbons (Fsp3) is 0.667. The second kappa shape index (κ2) is 2.95. The summed E-state index contributed by atoms with van der Waals surface area (Å²) < 4.78 is 0. The lowest BCUT2D eigenvalue weighted by molar-refractivity contribution is 0.982. The van der Waals surface area contributed by atoms with E-state index in [2.05, 4.69) is 13.8 Å². The fourth-order valence-electron chi connectivity index (χ4n) is 0.250. The maximum atomic E-state index is 5.39. The Morgan fingerprint density at radius 3 is 1.67 bits per heavy atom. The molecule has 0 aliphatic heterocycles. The summed E-state index contributed by atoms with van der Waals surface area (Å²) in [6.45, 7) is 9.53. The van der Waals surface area contributed by atoms with Gasteiger partial charge in [0.2, 0.25) is 0 Å². The first-order valence-electron chi connectivity index (χ1n) is 2.41. The number of allylic oxidation sites excluding steroid dienone is 1. The molecule has 0 heteroatoms. The normalized spacial score (nSPS) is 8.33. The van der Waals surface area contributed by atoms with E-state index in [1.807, 2.05) is 0 Å². The van der Waals surface area contributed by atoms with Gasteiger partial charge in [-0.2, -0.15) is 0 Å². The summed E-state index contributed by atoms with van der Waals surface area (Å²) in [6, 6.07) is 0. The summed E-state index contributed by atoms with van der Waals surface area (Å²) in [6.07, 6.45) is 2.05. The molecule has 0 heterocycles. The maximum Gasteiger partial charge on any atom is -0.0346 e. The van der Waals surface area contributed by atoms with Gasteiger partial charge in [-0.25, -0.2) is 0 Å². The molecular formula is C6H11. The lowest BCUT2D eigenvalue weighted by Crippen LogP contribution is -1.69. The summed E-state index contributed by atoms with van der Waals surface area (Å²) in [7, 11) is 0. The molecule has 0 amide bonds. The van der Waals surface area contributed by atoms with E-state index in [4.69, 9.17) is 6.58 Å². The highest BCUT2D eigenvalue weighted by Crippen LogP contribution is 1.98. The van der Waals surface area contributed by atoms with Crippen LogP contribution in [0.3, 0.4) is 0 Å². The molecule has 6 heavy (non-hydrogen) atoms. The third-order valence-electron chi connectivity index (χ3n) is 0.908. The van der Waals surface area contributed by atoms with E-state index in [-0.39, 0.29) is 0 Å². The fourth-order valence-corrected chi connectivity index (χ4v) is 0.250. The minimum absolute atomic E-state index is 1.02. The van der Waals surface area contributed by atoms with Crippen LogP contribution in [0.25, 0.3) is 0 Å². The second-order valence-electron chi connectivity index (χ2n) is 1.37. The van der Waals surface area contributed by atoms with Gasteiger partial charge >= 0.3 is 0 Å². The van der Waals surface area contributed by atoms with Gasteiger partial charge < -0.3 is 0 Å². The topological polar surface area (TPSA) is 0 Å². The Labute approximate surface area is 39.9 Å². The van der Waals surface area contributed by atoms with Crippen LogP contribution in [0.1, 0.15) is 26.7 Å². The summed E-state index contributed by atoms with van der Waals surface area (Å²) in [5.74, 6) is 0. The third-order valence-corrected chi connectivity index (χ3v) is 0.908. The molecule has 0 aliphatic rings. The van der Waals surface area contributed by atoms with Crippen LogP contribution in [0.15, 0.2) is 5.57 Å². The average Bonchev–Trinajstić information content (AvgIpc) is 1.65. The highest BCUT2D eigenvalue weighted by Gasteiger charge is 1.78. The molecule has 0 fully saturated rings. The van der Waals surface area contributed by atoms with Crippen molar-refractivity contribution < 1.29 is 0 Å². The standard InChI is InChI=1S/C6H11/c1-4-6(3)5-2/h3H,4-5H2,1-2H3. The van der Waals surface area contributed by atoms with Crippen LogP contribution < -0.4 is 0 Å². The van der Waals surface area contributed by atoms with Gasteiger partial charge in [0.15, 0.2) is 0 Å². The molecule has 0 aliphatic carbocycles. The van der Waals surface area contributed by atoms with Gasteiger partial charge in [0.05, 0.1) is 0 Å². The molecule has 0 N–H and O–H groups in total. The van der Waals surface area contributed by atoms with Crippen molar-refractivity contribution in [3.63, 3.8) is 0 Å². The Morgan fingerprint density at radius 2 is 1.67 bits per heavy atom. The van der Waals surface area contributed by atoms with E-state index in [1.54, 1.807) is 0 Å². The maximum absolute atomic E-state index is 5.39. The van der Waals surface area contributed by atoms with Gasteiger partial charge in [-0.3, -0.25) is 0 Å². The molecule has 0 aromatic heterocycles. The monoisotopic (exact) mass is 83.1 g/mol. The van der Waals surface area contributed by atoms with Crippen molar-refractivity contribution in [3.05, 3.63) is 12.2 Å². The first-order chi connectivity index (χ1) is 2.81. The van der Waals surface area contributed by atoms with Crippen LogP contribution in [0.2, 0.25) is 0 Å². The first kappa shape index (κ1) is 5.74. The molecule has 0 aromatic rings. The SMILES string of the molecule is [CH]=C(CC)CC. The predicted molar refractivity (Wildman–Crippen MR) is 28.4 cm³/mol. The van der Waals surface area contributed by atoms with E-state index >= 15 is 0 Å². The zero-order valence-corrected chi connectivity index (χ0v) is 4.49. The lowest BCUT2D eigenvalue weighted by Gasteiger charge is -1.88. The predicted octanol–water partition coefficient (Wildman–Crippen LogP) is 2.17. The summed E-state index contributed by atoms with van der Waals surface area (Å²) in [5.41, 5.74) is 1.09. The number of rotatable bonds is 2. The van der Waals surface area contributed by atoms with Crippen LogP contribution in [0.5, 0.6) is 0 Å². The van der Waals surface area contributed by atoms with Crippen molar-refractivity contribution in [2.75, 3.05) is 0 Å². The van der Waals surface area contributed by atoms with Gasteiger partial charge in [0.1, 0.15) is 0 Å².